The lowest BCUT2D eigenvalue weighted by atomic mass is 10.2. The molecule has 0 bridgehead atoms. The first-order valence-corrected chi connectivity index (χ1v) is 9.65. The van der Waals surface area contributed by atoms with E-state index < -0.39 is 5.83 Å². The van der Waals surface area contributed by atoms with E-state index in [4.69, 9.17) is 21.1 Å². The minimum Gasteiger partial charge on any atom is -0.493 e. The third-order valence-corrected chi connectivity index (χ3v) is 4.54. The summed E-state index contributed by atoms with van der Waals surface area (Å²) in [7, 11) is 3.12. The van der Waals surface area contributed by atoms with E-state index in [0.717, 1.165) is 5.56 Å². The predicted octanol–water partition coefficient (Wildman–Crippen LogP) is 2.92. The molecule has 1 aliphatic rings. The van der Waals surface area contributed by atoms with Crippen LogP contribution in [0, 0.1) is 0 Å². The molecule has 1 atom stereocenters. The Hall–Kier alpha value is -2.74. The number of carbonyl (C=O) groups is 1. The summed E-state index contributed by atoms with van der Waals surface area (Å²) in [6, 6.07) is 5.45. The van der Waals surface area contributed by atoms with E-state index in [0.29, 0.717) is 35.9 Å². The first-order valence-electron chi connectivity index (χ1n) is 9.12. The topological polar surface area (TPSA) is 75.2 Å². The van der Waals surface area contributed by atoms with Crippen LogP contribution in [0.5, 0.6) is 11.5 Å². The van der Waals surface area contributed by atoms with Crippen molar-refractivity contribution in [3.05, 3.63) is 47.8 Å². The van der Waals surface area contributed by atoms with Gasteiger partial charge in [-0.3, -0.25) is 9.80 Å². The van der Waals surface area contributed by atoms with Crippen LogP contribution in [-0.4, -0.2) is 49.6 Å². The summed E-state index contributed by atoms with van der Waals surface area (Å²) >= 11 is 5.45. The molecular formula is C20H26ClFN4O3. The van der Waals surface area contributed by atoms with Crippen LogP contribution in [0.1, 0.15) is 18.9 Å². The van der Waals surface area contributed by atoms with Crippen molar-refractivity contribution in [2.75, 3.05) is 26.6 Å². The van der Waals surface area contributed by atoms with Crippen LogP contribution in [0.3, 0.4) is 0 Å². The number of hydrogen-bond acceptors (Lipinski definition) is 6. The van der Waals surface area contributed by atoms with E-state index in [-0.39, 0.29) is 24.5 Å². The van der Waals surface area contributed by atoms with Crippen molar-refractivity contribution in [1.82, 2.24) is 15.6 Å². The summed E-state index contributed by atoms with van der Waals surface area (Å²) in [6.45, 7) is 6.15. The summed E-state index contributed by atoms with van der Waals surface area (Å²) in [5.74, 6) is 0.715. The van der Waals surface area contributed by atoms with E-state index in [9.17, 15) is 9.18 Å². The van der Waals surface area contributed by atoms with Crippen LogP contribution in [-0.2, 0) is 11.3 Å². The highest BCUT2D eigenvalue weighted by Crippen LogP contribution is 2.27. The average molecular weight is 425 g/mol. The molecule has 1 aromatic carbocycles. The number of carbonyl (C=O) groups excluding carboxylic acids is 1. The molecule has 0 saturated heterocycles. The molecule has 0 radical (unpaired) electrons. The highest BCUT2D eigenvalue weighted by molar-refractivity contribution is 6.19. The maximum atomic E-state index is 13.4. The van der Waals surface area contributed by atoms with Gasteiger partial charge in [0.05, 0.1) is 20.1 Å². The first kappa shape index (κ1) is 22.5. The minimum absolute atomic E-state index is 0.0529. The first-order chi connectivity index (χ1) is 13.9. The van der Waals surface area contributed by atoms with Gasteiger partial charge in [0.1, 0.15) is 18.5 Å². The van der Waals surface area contributed by atoms with Gasteiger partial charge in [-0.2, -0.15) is 5.10 Å². The summed E-state index contributed by atoms with van der Waals surface area (Å²) < 4.78 is 23.9. The predicted molar refractivity (Wildman–Crippen MR) is 112 cm³/mol. The largest absolute Gasteiger partial charge is 0.493 e. The fraction of sp³-hybridized carbons (Fsp3) is 0.400. The number of ether oxygens (including phenoxy) is 2. The number of alkyl halides is 1. The van der Waals surface area contributed by atoms with E-state index in [1.54, 1.807) is 25.3 Å². The van der Waals surface area contributed by atoms with Crippen molar-refractivity contribution in [1.29, 1.82) is 0 Å². The van der Waals surface area contributed by atoms with Crippen LogP contribution in [0.15, 0.2) is 47.4 Å². The Kier molecular flexibility index (Phi) is 8.33. The molecule has 0 saturated carbocycles. The summed E-state index contributed by atoms with van der Waals surface area (Å²) in [5.41, 5.74) is 1.25. The lowest BCUT2D eigenvalue weighted by Gasteiger charge is -2.21. The third-order valence-electron chi connectivity index (χ3n) is 4.28. The van der Waals surface area contributed by atoms with Crippen molar-refractivity contribution in [2.24, 2.45) is 5.10 Å². The van der Waals surface area contributed by atoms with Crippen LogP contribution >= 0.6 is 11.6 Å². The second-order valence-electron chi connectivity index (χ2n) is 6.33. The number of nitrogens with zero attached hydrogens (tertiary/aromatic N) is 2. The molecule has 158 valence electrons. The van der Waals surface area contributed by atoms with E-state index in [1.807, 2.05) is 19.1 Å². The molecule has 29 heavy (non-hydrogen) atoms. The number of hydrogen-bond donors (Lipinski definition) is 2. The molecule has 0 spiro atoms. The maximum Gasteiger partial charge on any atom is 0.241 e. The third kappa shape index (κ3) is 6.12. The molecule has 1 aromatic rings. The molecule has 2 rings (SSSR count). The Balaban J connectivity index is 1.97. The molecule has 1 unspecified atom stereocenters. The highest BCUT2D eigenvalue weighted by Gasteiger charge is 2.26. The van der Waals surface area contributed by atoms with Crippen molar-refractivity contribution < 1.29 is 18.7 Å². The van der Waals surface area contributed by atoms with Crippen LogP contribution in [0.4, 0.5) is 4.39 Å². The smallest absolute Gasteiger partial charge is 0.241 e. The Morgan fingerprint density at radius 2 is 2.14 bits per heavy atom. The Morgan fingerprint density at radius 3 is 2.76 bits per heavy atom. The molecule has 0 aliphatic carbocycles. The van der Waals surface area contributed by atoms with Crippen molar-refractivity contribution in [3.8, 4) is 11.5 Å². The number of amidine groups is 1. The van der Waals surface area contributed by atoms with Gasteiger partial charge >= 0.3 is 0 Å². The van der Waals surface area contributed by atoms with Gasteiger partial charge in [-0.1, -0.05) is 19.6 Å². The summed E-state index contributed by atoms with van der Waals surface area (Å²) in [5, 5.41) is 12.0. The number of methoxy groups -OCH3 is 2. The Morgan fingerprint density at radius 1 is 1.41 bits per heavy atom. The molecule has 1 aliphatic heterocycles. The van der Waals surface area contributed by atoms with Crippen LogP contribution in [0.2, 0.25) is 0 Å². The Labute approximate surface area is 175 Å². The minimum atomic E-state index is -0.500. The number of hydrazone groups is 1. The van der Waals surface area contributed by atoms with Gasteiger partial charge in [-0.15, -0.1) is 11.6 Å². The van der Waals surface area contributed by atoms with Crippen molar-refractivity contribution in [3.63, 3.8) is 0 Å². The lowest BCUT2D eigenvalue weighted by molar-refractivity contribution is -0.122. The highest BCUT2D eigenvalue weighted by atomic mass is 35.5. The summed E-state index contributed by atoms with van der Waals surface area (Å²) in [4.78, 5) is 12.4. The standard InChI is InChI=1S/C20H26ClFN4O3/c1-5-18-24-20(13(2)8-15(22)10-21)25-26(18)12-19(27)23-11-14-6-7-16(28-3)17(9-14)29-4/h6-9,18H,2,5,10-12H2,1,3-4H3,(H,23,27)(H,24,25)/b15-8+. The van der Waals surface area contributed by atoms with Crippen LogP contribution in [0.25, 0.3) is 0 Å². The Bertz CT molecular complexity index is 813. The number of amides is 1. The number of halogens is 2. The maximum absolute atomic E-state index is 13.4. The monoisotopic (exact) mass is 424 g/mol. The van der Waals surface area contributed by atoms with Gasteiger partial charge in [0.25, 0.3) is 0 Å². The van der Waals surface area contributed by atoms with Crippen molar-refractivity contribution >= 4 is 23.3 Å². The molecule has 0 fully saturated rings. The number of rotatable bonds is 10. The molecule has 0 aromatic heterocycles. The zero-order valence-electron chi connectivity index (χ0n) is 16.8. The second kappa shape index (κ2) is 10.7. The average Bonchev–Trinajstić information content (AvgIpc) is 3.14. The van der Waals surface area contributed by atoms with Gasteiger partial charge in [0, 0.05) is 12.1 Å². The van der Waals surface area contributed by atoms with E-state index in [2.05, 4.69) is 22.3 Å². The molecule has 1 amide bonds. The molecule has 1 heterocycles. The van der Waals surface area contributed by atoms with Gasteiger partial charge < -0.3 is 20.1 Å². The van der Waals surface area contributed by atoms with Gasteiger partial charge in [-0.25, -0.2) is 4.39 Å². The molecule has 7 nitrogen and oxygen atoms in total. The fourth-order valence-electron chi connectivity index (χ4n) is 2.76. The van der Waals surface area contributed by atoms with Crippen molar-refractivity contribution in [2.45, 2.75) is 26.1 Å². The quantitative estimate of drug-likeness (QED) is 0.446. The molecular weight excluding hydrogens is 399 g/mol. The van der Waals surface area contributed by atoms with Gasteiger partial charge in [0.2, 0.25) is 5.91 Å². The zero-order chi connectivity index (χ0) is 21.4. The lowest BCUT2D eigenvalue weighted by Crippen LogP contribution is -2.42. The molecule has 2 N–H and O–H groups in total. The number of allylic oxidation sites excluding steroid dienone is 1. The van der Waals surface area contributed by atoms with E-state index >= 15 is 0 Å². The van der Waals surface area contributed by atoms with Gasteiger partial charge in [-0.05, 0) is 30.2 Å². The summed E-state index contributed by atoms with van der Waals surface area (Å²) in [6.07, 6.45) is 1.75. The zero-order valence-corrected chi connectivity index (χ0v) is 17.6. The van der Waals surface area contributed by atoms with E-state index in [1.165, 1.54) is 6.08 Å². The number of nitrogens with one attached hydrogen (secondary N) is 2. The fourth-order valence-corrected chi connectivity index (χ4v) is 2.84. The van der Waals surface area contributed by atoms with Gasteiger partial charge in [0.15, 0.2) is 17.3 Å². The van der Waals surface area contributed by atoms with Crippen LogP contribution < -0.4 is 20.1 Å². The number of benzene rings is 1. The normalized spacial score (nSPS) is 16.2. The molecule has 9 heteroatoms. The second-order valence-corrected chi connectivity index (χ2v) is 6.60. The SMILES string of the molecule is C=C(/C=C(/F)CCl)C1=NN(CC(=O)NCc2ccc(OC)c(OC)c2)C(CC)N1.